The first-order valence-electron chi connectivity index (χ1n) is 31.4. The minimum absolute atomic E-state index is 0. The predicted octanol–water partition coefficient (Wildman–Crippen LogP) is 10.8. The molecule has 94 heavy (non-hydrogen) atoms. The Morgan fingerprint density at radius 2 is 0.883 bits per heavy atom. The van der Waals surface area contributed by atoms with E-state index in [0.717, 1.165) is 50.5 Å². The molecular weight excluding hydrogens is 1190 g/mol. The van der Waals surface area contributed by atoms with Crippen LogP contribution in [-0.4, -0.2) is 138 Å². The minimum Gasteiger partial charge on any atom is -0.481 e. The van der Waals surface area contributed by atoms with Gasteiger partial charge in [-0.25, -0.2) is 15.0 Å². The third-order valence-electron chi connectivity index (χ3n) is 15.9. The van der Waals surface area contributed by atoms with Crippen LogP contribution in [0.1, 0.15) is 105 Å². The number of benzene rings is 6. The number of nitrogens with zero attached hydrogens (tertiary/aromatic N) is 5. The van der Waals surface area contributed by atoms with Crippen LogP contribution in [0.15, 0.2) is 220 Å². The summed E-state index contributed by atoms with van der Waals surface area (Å²) in [5, 5.41) is 35.3. The molecule has 2 aliphatic rings. The summed E-state index contributed by atoms with van der Waals surface area (Å²) >= 11 is 0. The minimum atomic E-state index is -0.819. The first-order valence-corrected chi connectivity index (χ1v) is 31.4. The van der Waals surface area contributed by atoms with E-state index in [4.69, 9.17) is 53.8 Å². The summed E-state index contributed by atoms with van der Waals surface area (Å²) in [5.41, 5.74) is 7.95. The first kappa shape index (κ1) is 72.5. The van der Waals surface area contributed by atoms with Gasteiger partial charge < -0.3 is 63.0 Å². The van der Waals surface area contributed by atoms with Crippen LogP contribution < -0.4 is 0 Å². The number of H-pyrrole nitrogens is 1. The molecule has 19 nitrogen and oxygen atoms in total. The van der Waals surface area contributed by atoms with Crippen molar-refractivity contribution in [1.29, 1.82) is 0 Å². The smallest absolute Gasteiger partial charge is 0.306 e. The Morgan fingerprint density at radius 1 is 0.532 bits per heavy atom. The molecule has 2 saturated heterocycles. The molecule has 2 fully saturated rings. The number of aromatic nitrogens is 6. The van der Waals surface area contributed by atoms with E-state index < -0.39 is 34.5 Å². The largest absolute Gasteiger partial charge is 0.481 e. The Balaban J connectivity index is 0.000000196. The summed E-state index contributed by atoms with van der Waals surface area (Å²) < 4.78 is 36.6. The van der Waals surface area contributed by atoms with Crippen LogP contribution in [0.4, 0.5) is 0 Å². The van der Waals surface area contributed by atoms with Crippen molar-refractivity contribution in [3.05, 3.63) is 270 Å². The summed E-state index contributed by atoms with van der Waals surface area (Å²) in [6.45, 7) is 9.87. The molecule has 0 unspecified atom stereocenters. The number of aromatic amines is 1. The number of nitrogens with one attached hydrogen (secondary N) is 1. The molecular formula is C75H90N6O13. The van der Waals surface area contributed by atoms with Gasteiger partial charge in [-0.15, -0.1) is 0 Å². The average molecular weight is 1280 g/mol. The van der Waals surface area contributed by atoms with Gasteiger partial charge in [0.2, 0.25) is 0 Å². The number of hydrogen-bond acceptors (Lipinski definition) is 15. The number of ether oxygens (including phenoxy) is 6. The van der Waals surface area contributed by atoms with Crippen molar-refractivity contribution in [1.82, 2.24) is 29.1 Å². The van der Waals surface area contributed by atoms with E-state index in [1.807, 2.05) is 126 Å². The number of rotatable bonds is 24. The van der Waals surface area contributed by atoms with Gasteiger partial charge in [-0.3, -0.25) is 14.4 Å². The molecule has 11 rings (SSSR count). The lowest BCUT2D eigenvalue weighted by Gasteiger charge is -2.37. The standard InChI is InChI=1S/C32H34N2O4.C25H22N2O2.C10H16N2O4.C7H14O3.CH4/c1-31(2)37-22-25(23-38-31)21-36-30(35)19-18-29-20-34(24-33-29)32(26-12-6-3-7-13-26,27-14-8-4-9-15-27)28-16-10-5-11-17-28;28-24(29)17-16-23-18-27(19-26-23)25(20-10-4-1-5-11-20,21-12-6-2-7-13-21)22-14-8-3-9-15-22;13-4-8(5-14)6-16-10(15)2-1-9-3-11-7-12-9;1-7(2)9-4-6(3-8)5-10-7;/h3-17,20,24-25H,18-19,21-23H2,1-2H3;1-15,18-19H,16-17H2,(H,28,29);3,7-8,13-14H,1-2,4-6H2,(H,11,12);6,8H,3-5H2,1-2H3;1H4. The molecule has 0 radical (unpaired) electrons. The van der Waals surface area contributed by atoms with Gasteiger partial charge in [0.15, 0.2) is 11.6 Å². The fourth-order valence-corrected chi connectivity index (χ4v) is 10.8. The highest BCUT2D eigenvalue weighted by atomic mass is 16.7. The van der Waals surface area contributed by atoms with Crippen molar-refractivity contribution < 1.29 is 63.2 Å². The Hall–Kier alpha value is -8.92. The van der Waals surface area contributed by atoms with E-state index in [2.05, 4.69) is 133 Å². The molecule has 3 aromatic heterocycles. The number of aliphatic carboxylic acids is 1. The van der Waals surface area contributed by atoms with Crippen LogP contribution in [0, 0.1) is 17.8 Å². The number of hydrogen-bond donors (Lipinski definition) is 5. The Morgan fingerprint density at radius 3 is 1.22 bits per heavy atom. The van der Waals surface area contributed by atoms with Gasteiger partial charge in [-0.05, 0) is 67.5 Å². The van der Waals surface area contributed by atoms with E-state index in [1.54, 1.807) is 12.5 Å². The Bertz CT molecular complexity index is 3390. The van der Waals surface area contributed by atoms with Gasteiger partial charge in [0, 0.05) is 54.9 Å². The highest BCUT2D eigenvalue weighted by Gasteiger charge is 2.40. The highest BCUT2D eigenvalue weighted by molar-refractivity contribution is 5.70. The molecule has 5 N–H and O–H groups in total. The number of aryl methyl sites for hydroxylation is 3. The fraction of sp³-hybridized carbons (Fsp3) is 0.360. The maximum Gasteiger partial charge on any atom is 0.306 e. The summed E-state index contributed by atoms with van der Waals surface area (Å²) in [6, 6.07) is 62.4. The molecule has 19 heteroatoms. The average Bonchev–Trinajstić information content (AvgIpc) is 0.855. The second-order valence-electron chi connectivity index (χ2n) is 23.7. The topological polar surface area (TPSA) is 252 Å². The zero-order valence-corrected chi connectivity index (χ0v) is 53.3. The number of imidazole rings is 3. The van der Waals surface area contributed by atoms with Crippen LogP contribution in [0.2, 0.25) is 0 Å². The third kappa shape index (κ3) is 20.1. The molecule has 0 bridgehead atoms. The SMILES string of the molecule is C.CC1(C)OCC(CO)CO1.CC1(C)OCC(COC(=O)CCc2cn(C(c3ccccc3)(c3ccccc3)c3ccccc3)cn2)CO1.O=C(CCc1cnc[nH]1)OCC(CO)CO.O=C(O)CCc1cn(C(c2ccccc2)(c2ccccc2)c2ccccc2)cn1. The van der Waals surface area contributed by atoms with Crippen molar-refractivity contribution >= 4 is 17.9 Å². The molecule has 9 aromatic rings. The molecule has 2 aliphatic heterocycles. The molecule has 0 amide bonds. The molecule has 0 saturated carbocycles. The lowest BCUT2D eigenvalue weighted by molar-refractivity contribution is -0.265. The monoisotopic (exact) mass is 1280 g/mol. The number of aliphatic hydroxyl groups excluding tert-OH is 3. The number of carboxylic acid groups (broad SMARTS) is 1. The number of carboxylic acids is 1. The third-order valence-corrected chi connectivity index (χ3v) is 15.9. The second kappa shape index (κ2) is 35.9. The Kier molecular flexibility index (Phi) is 27.7. The van der Waals surface area contributed by atoms with Gasteiger partial charge in [0.05, 0.1) is 109 Å². The van der Waals surface area contributed by atoms with Crippen molar-refractivity contribution in [2.24, 2.45) is 17.8 Å². The summed E-state index contributed by atoms with van der Waals surface area (Å²) in [6.07, 6.45) is 12.9. The van der Waals surface area contributed by atoms with Crippen molar-refractivity contribution in [2.75, 3.05) is 59.5 Å². The fourth-order valence-electron chi connectivity index (χ4n) is 10.8. The quantitative estimate of drug-likeness (QED) is 0.0279. The summed E-state index contributed by atoms with van der Waals surface area (Å²) in [4.78, 5) is 50.7. The molecule has 0 spiro atoms. The normalized spacial score (nSPS) is 14.5. The molecule has 6 aromatic carbocycles. The van der Waals surface area contributed by atoms with E-state index >= 15 is 0 Å². The van der Waals surface area contributed by atoms with Crippen molar-refractivity contribution in [2.45, 2.75) is 96.3 Å². The maximum atomic E-state index is 12.5. The van der Waals surface area contributed by atoms with Gasteiger partial charge in [0.1, 0.15) is 11.1 Å². The summed E-state index contributed by atoms with van der Waals surface area (Å²) in [5.74, 6) is -2.62. The van der Waals surface area contributed by atoms with E-state index in [9.17, 15) is 14.4 Å². The van der Waals surface area contributed by atoms with Crippen LogP contribution in [-0.2, 0) is 73.1 Å². The van der Waals surface area contributed by atoms with Crippen LogP contribution in [0.25, 0.3) is 0 Å². The van der Waals surface area contributed by atoms with Gasteiger partial charge in [-0.1, -0.05) is 189 Å². The van der Waals surface area contributed by atoms with Crippen LogP contribution in [0.5, 0.6) is 0 Å². The van der Waals surface area contributed by atoms with Gasteiger partial charge in [-0.2, -0.15) is 0 Å². The van der Waals surface area contributed by atoms with Crippen molar-refractivity contribution in [3.63, 3.8) is 0 Å². The number of esters is 2. The van der Waals surface area contributed by atoms with E-state index in [0.29, 0.717) is 52.3 Å². The zero-order valence-electron chi connectivity index (χ0n) is 53.3. The van der Waals surface area contributed by atoms with Crippen LogP contribution >= 0.6 is 0 Å². The van der Waals surface area contributed by atoms with Gasteiger partial charge >= 0.3 is 17.9 Å². The molecule has 0 aliphatic carbocycles. The zero-order chi connectivity index (χ0) is 65.9. The lowest BCUT2D eigenvalue weighted by Crippen LogP contribution is -2.41. The first-order chi connectivity index (χ1) is 45.1. The number of carbonyl (C=O) groups is 3. The van der Waals surface area contributed by atoms with Crippen molar-refractivity contribution in [3.8, 4) is 0 Å². The predicted molar refractivity (Wildman–Crippen MR) is 357 cm³/mol. The second-order valence-corrected chi connectivity index (χ2v) is 23.7. The lowest BCUT2D eigenvalue weighted by atomic mass is 9.77. The number of carbonyl (C=O) groups excluding carboxylic acids is 2. The Labute approximate surface area is 551 Å². The number of aliphatic hydroxyl groups is 3. The maximum absolute atomic E-state index is 12.5. The molecule has 498 valence electrons. The molecule has 0 atom stereocenters. The van der Waals surface area contributed by atoms with Gasteiger partial charge in [0.25, 0.3) is 0 Å². The molecule has 5 heterocycles. The van der Waals surface area contributed by atoms with Crippen LogP contribution in [0.3, 0.4) is 0 Å². The van der Waals surface area contributed by atoms with E-state index in [-0.39, 0.29) is 76.9 Å². The van der Waals surface area contributed by atoms with E-state index in [1.165, 1.54) is 0 Å². The summed E-state index contributed by atoms with van der Waals surface area (Å²) in [7, 11) is 0. The highest BCUT2D eigenvalue weighted by Crippen LogP contribution is 2.42.